The summed E-state index contributed by atoms with van der Waals surface area (Å²) in [6, 6.07) is 13.1. The summed E-state index contributed by atoms with van der Waals surface area (Å²) < 4.78 is 18.0. The first-order valence-electron chi connectivity index (χ1n) is 7.79. The quantitative estimate of drug-likeness (QED) is 0.432. The molecule has 1 atom stereocenters. The van der Waals surface area contributed by atoms with E-state index >= 15 is 0 Å². The topological polar surface area (TPSA) is 59.2 Å². The van der Waals surface area contributed by atoms with Crippen molar-refractivity contribution in [1.82, 2.24) is 4.98 Å². The monoisotopic (exact) mass is 337 g/mol. The third-order valence-corrected chi connectivity index (χ3v) is 3.80. The van der Waals surface area contributed by atoms with Crippen LogP contribution in [0.1, 0.15) is 22.8 Å². The molecule has 1 aromatic heterocycles. The number of halogens is 1. The summed E-state index contributed by atoms with van der Waals surface area (Å²) in [5.74, 6) is -1.26. The van der Waals surface area contributed by atoms with Crippen molar-refractivity contribution in [3.05, 3.63) is 77.7 Å². The SMILES string of the molecule is C[C@H](OC(=O)/C=C/c1ccc(F)cc1)C(=O)c1c[nH]c2ccccc12. The third-order valence-electron chi connectivity index (χ3n) is 3.80. The number of ether oxygens (including phenoxy) is 1. The Kier molecular flexibility index (Phi) is 4.75. The molecule has 0 unspecified atom stereocenters. The molecule has 0 aliphatic heterocycles. The largest absolute Gasteiger partial charge is 0.451 e. The number of carbonyl (C=O) groups excluding carboxylic acids is 2. The van der Waals surface area contributed by atoms with Gasteiger partial charge in [-0.05, 0) is 36.8 Å². The van der Waals surface area contributed by atoms with Crippen LogP contribution in [0.3, 0.4) is 0 Å². The van der Waals surface area contributed by atoms with Crippen molar-refractivity contribution in [3.63, 3.8) is 0 Å². The molecule has 0 bridgehead atoms. The van der Waals surface area contributed by atoms with Gasteiger partial charge in [0.15, 0.2) is 6.10 Å². The van der Waals surface area contributed by atoms with E-state index in [4.69, 9.17) is 4.74 Å². The van der Waals surface area contributed by atoms with E-state index in [0.717, 1.165) is 10.9 Å². The highest BCUT2D eigenvalue weighted by Crippen LogP contribution is 2.20. The second-order valence-electron chi connectivity index (χ2n) is 5.58. The fourth-order valence-electron chi connectivity index (χ4n) is 2.50. The summed E-state index contributed by atoms with van der Waals surface area (Å²) in [6.45, 7) is 1.54. The average Bonchev–Trinajstić information content (AvgIpc) is 3.04. The molecule has 0 aliphatic rings. The highest BCUT2D eigenvalue weighted by molar-refractivity contribution is 6.10. The van der Waals surface area contributed by atoms with E-state index in [9.17, 15) is 14.0 Å². The number of aromatic amines is 1. The van der Waals surface area contributed by atoms with Crippen LogP contribution in [0.15, 0.2) is 60.8 Å². The Labute approximate surface area is 143 Å². The Hall–Kier alpha value is -3.21. The Morgan fingerprint density at radius 2 is 1.84 bits per heavy atom. The Morgan fingerprint density at radius 1 is 1.12 bits per heavy atom. The molecule has 2 aromatic carbocycles. The molecule has 0 radical (unpaired) electrons. The van der Waals surface area contributed by atoms with Gasteiger partial charge in [-0.1, -0.05) is 30.3 Å². The third kappa shape index (κ3) is 3.83. The number of ketones is 1. The van der Waals surface area contributed by atoms with Crippen LogP contribution in [0, 0.1) is 5.82 Å². The van der Waals surface area contributed by atoms with Crippen molar-refractivity contribution in [2.45, 2.75) is 13.0 Å². The van der Waals surface area contributed by atoms with Gasteiger partial charge < -0.3 is 9.72 Å². The molecule has 5 heteroatoms. The number of para-hydroxylation sites is 1. The maximum Gasteiger partial charge on any atom is 0.331 e. The number of H-pyrrole nitrogens is 1. The van der Waals surface area contributed by atoms with Gasteiger partial charge in [0.1, 0.15) is 5.82 Å². The standard InChI is InChI=1S/C20H16FNO3/c1-13(20(24)17-12-22-18-5-3-2-4-16(17)18)25-19(23)11-8-14-6-9-15(21)10-7-14/h2-13,22H,1H3/b11-8+/t13-/m0/s1. The lowest BCUT2D eigenvalue weighted by Gasteiger charge is -2.10. The second-order valence-corrected chi connectivity index (χ2v) is 5.58. The second kappa shape index (κ2) is 7.13. The Bertz CT molecular complexity index is 941. The van der Waals surface area contributed by atoms with Crippen LogP contribution in [0.25, 0.3) is 17.0 Å². The van der Waals surface area contributed by atoms with Crippen molar-refractivity contribution in [2.75, 3.05) is 0 Å². The zero-order valence-electron chi connectivity index (χ0n) is 13.5. The van der Waals surface area contributed by atoms with E-state index in [1.807, 2.05) is 24.3 Å². The van der Waals surface area contributed by atoms with E-state index in [0.29, 0.717) is 11.1 Å². The van der Waals surface area contributed by atoms with Crippen LogP contribution < -0.4 is 0 Å². The molecule has 0 fully saturated rings. The number of hydrogen-bond donors (Lipinski definition) is 1. The summed E-state index contributed by atoms with van der Waals surface area (Å²) in [5, 5.41) is 0.789. The number of carbonyl (C=O) groups is 2. The van der Waals surface area contributed by atoms with E-state index in [-0.39, 0.29) is 11.6 Å². The molecule has 4 nitrogen and oxygen atoms in total. The Morgan fingerprint density at radius 3 is 2.60 bits per heavy atom. The highest BCUT2D eigenvalue weighted by Gasteiger charge is 2.21. The van der Waals surface area contributed by atoms with Crippen LogP contribution >= 0.6 is 0 Å². The zero-order chi connectivity index (χ0) is 17.8. The van der Waals surface area contributed by atoms with Crippen molar-refractivity contribution >= 4 is 28.7 Å². The van der Waals surface area contributed by atoms with Gasteiger partial charge in [0.25, 0.3) is 0 Å². The normalized spacial score (nSPS) is 12.4. The predicted molar refractivity (Wildman–Crippen MR) is 93.6 cm³/mol. The molecule has 25 heavy (non-hydrogen) atoms. The van der Waals surface area contributed by atoms with Gasteiger partial charge in [-0.25, -0.2) is 9.18 Å². The van der Waals surface area contributed by atoms with Crippen LogP contribution in [0.4, 0.5) is 4.39 Å². The molecule has 3 aromatic rings. The summed E-state index contributed by atoms with van der Waals surface area (Å²) >= 11 is 0. The van der Waals surface area contributed by atoms with Gasteiger partial charge in [-0.15, -0.1) is 0 Å². The molecular weight excluding hydrogens is 321 g/mol. The summed E-state index contributed by atoms with van der Waals surface area (Å²) in [5.41, 5.74) is 1.99. The van der Waals surface area contributed by atoms with Gasteiger partial charge in [0, 0.05) is 28.7 Å². The van der Waals surface area contributed by atoms with Crippen molar-refractivity contribution in [3.8, 4) is 0 Å². The maximum atomic E-state index is 12.8. The van der Waals surface area contributed by atoms with Crippen LogP contribution in [-0.4, -0.2) is 22.8 Å². The molecule has 0 amide bonds. The van der Waals surface area contributed by atoms with E-state index in [1.165, 1.54) is 31.2 Å². The molecule has 126 valence electrons. The number of rotatable bonds is 5. The number of benzene rings is 2. The van der Waals surface area contributed by atoms with Gasteiger partial charge in [-0.2, -0.15) is 0 Å². The highest BCUT2D eigenvalue weighted by atomic mass is 19.1. The number of nitrogens with one attached hydrogen (secondary N) is 1. The number of esters is 1. The minimum Gasteiger partial charge on any atom is -0.451 e. The molecular formula is C20H16FNO3. The summed E-state index contributed by atoms with van der Waals surface area (Å²) in [7, 11) is 0. The first kappa shape index (κ1) is 16.6. The van der Waals surface area contributed by atoms with Gasteiger partial charge in [-0.3, -0.25) is 4.79 Å². The Balaban J connectivity index is 1.66. The molecule has 1 heterocycles. The maximum absolute atomic E-state index is 12.8. The van der Waals surface area contributed by atoms with Gasteiger partial charge >= 0.3 is 5.97 Å². The van der Waals surface area contributed by atoms with Crippen LogP contribution in [0.2, 0.25) is 0 Å². The molecule has 0 saturated carbocycles. The van der Waals surface area contributed by atoms with E-state index in [1.54, 1.807) is 18.3 Å². The molecule has 0 aliphatic carbocycles. The lowest BCUT2D eigenvalue weighted by atomic mass is 10.1. The van der Waals surface area contributed by atoms with Crippen LogP contribution in [0.5, 0.6) is 0 Å². The van der Waals surface area contributed by atoms with Crippen molar-refractivity contribution < 1.29 is 18.7 Å². The number of Topliss-reactive ketones (excluding diaryl/α,β-unsaturated/α-hetero) is 1. The van der Waals surface area contributed by atoms with E-state index in [2.05, 4.69) is 4.98 Å². The number of aromatic nitrogens is 1. The lowest BCUT2D eigenvalue weighted by molar-refractivity contribution is -0.140. The predicted octanol–water partition coefficient (Wildman–Crippen LogP) is 4.13. The smallest absolute Gasteiger partial charge is 0.331 e. The minimum atomic E-state index is -0.912. The average molecular weight is 337 g/mol. The fourth-order valence-corrected chi connectivity index (χ4v) is 2.50. The molecule has 1 N–H and O–H groups in total. The summed E-state index contributed by atoms with van der Waals surface area (Å²) in [6.07, 6.45) is 3.42. The first-order chi connectivity index (χ1) is 12.0. The minimum absolute atomic E-state index is 0.277. The summed E-state index contributed by atoms with van der Waals surface area (Å²) in [4.78, 5) is 27.4. The van der Waals surface area contributed by atoms with Gasteiger partial charge in [0.05, 0.1) is 0 Å². The molecule has 3 rings (SSSR count). The van der Waals surface area contributed by atoms with Crippen molar-refractivity contribution in [1.29, 1.82) is 0 Å². The van der Waals surface area contributed by atoms with Gasteiger partial charge in [0.2, 0.25) is 5.78 Å². The zero-order valence-corrected chi connectivity index (χ0v) is 13.5. The van der Waals surface area contributed by atoms with E-state index < -0.39 is 12.1 Å². The first-order valence-corrected chi connectivity index (χ1v) is 7.79. The number of fused-ring (bicyclic) bond motifs is 1. The fraction of sp³-hybridized carbons (Fsp3) is 0.100. The molecule has 0 spiro atoms. The lowest BCUT2D eigenvalue weighted by Crippen LogP contribution is -2.23. The van der Waals surface area contributed by atoms with Crippen molar-refractivity contribution in [2.24, 2.45) is 0 Å². The number of hydrogen-bond acceptors (Lipinski definition) is 3. The molecule has 0 saturated heterocycles. The van der Waals surface area contributed by atoms with Crippen LogP contribution in [-0.2, 0) is 9.53 Å².